The van der Waals surface area contributed by atoms with Gasteiger partial charge in [-0.25, -0.2) is 4.98 Å². The Kier molecular flexibility index (Phi) is 7.06. The number of rotatable bonds is 7. The number of benzene rings is 2. The zero-order valence-corrected chi connectivity index (χ0v) is 19.9. The normalized spacial score (nSPS) is 15.2. The number of para-hydroxylation sites is 3. The first-order chi connectivity index (χ1) is 16.3. The lowest BCUT2D eigenvalue weighted by Gasteiger charge is -2.32. The minimum atomic E-state index is -0.903. The SMILES string of the molecule is CC(OC(=O)C1CCN(c2ccccc2[N+](=O)[O-])CC1)C(=O)N(C)Cc1nc2ccccc2s1. The molecular weight excluding hydrogens is 456 g/mol. The van der Waals surface area contributed by atoms with E-state index in [1.165, 1.54) is 22.3 Å². The molecule has 1 aliphatic heterocycles. The van der Waals surface area contributed by atoms with Gasteiger partial charge in [0.2, 0.25) is 0 Å². The predicted octanol–water partition coefficient (Wildman–Crippen LogP) is 4.01. The Bertz CT molecular complexity index is 1170. The molecule has 9 nitrogen and oxygen atoms in total. The topological polar surface area (TPSA) is 106 Å². The van der Waals surface area contributed by atoms with Gasteiger partial charge in [0, 0.05) is 26.2 Å². The third-order valence-electron chi connectivity index (χ3n) is 5.97. The second kappa shape index (κ2) is 10.2. The van der Waals surface area contributed by atoms with Crippen molar-refractivity contribution >= 4 is 44.8 Å². The van der Waals surface area contributed by atoms with E-state index in [2.05, 4.69) is 4.98 Å². The van der Waals surface area contributed by atoms with Crippen molar-refractivity contribution < 1.29 is 19.2 Å². The summed E-state index contributed by atoms with van der Waals surface area (Å²) in [7, 11) is 1.67. The summed E-state index contributed by atoms with van der Waals surface area (Å²) < 4.78 is 6.56. The zero-order valence-electron chi connectivity index (χ0n) is 19.0. The first kappa shape index (κ1) is 23.6. The molecule has 3 aromatic rings. The summed E-state index contributed by atoms with van der Waals surface area (Å²) >= 11 is 1.53. The van der Waals surface area contributed by atoms with Crippen LogP contribution < -0.4 is 4.90 Å². The predicted molar refractivity (Wildman–Crippen MR) is 130 cm³/mol. The van der Waals surface area contributed by atoms with Gasteiger partial charge in [-0.3, -0.25) is 19.7 Å². The molecule has 1 aliphatic rings. The highest BCUT2D eigenvalue weighted by molar-refractivity contribution is 7.18. The molecule has 1 aromatic heterocycles. The number of piperidine rings is 1. The van der Waals surface area contributed by atoms with Crippen LogP contribution in [-0.2, 0) is 20.9 Å². The molecule has 2 aromatic carbocycles. The van der Waals surface area contributed by atoms with Gasteiger partial charge in [0.05, 0.1) is 27.6 Å². The monoisotopic (exact) mass is 482 g/mol. The van der Waals surface area contributed by atoms with Crippen molar-refractivity contribution in [3.63, 3.8) is 0 Å². The smallest absolute Gasteiger partial charge is 0.309 e. The van der Waals surface area contributed by atoms with E-state index in [4.69, 9.17) is 4.74 Å². The van der Waals surface area contributed by atoms with Crippen LogP contribution in [0.4, 0.5) is 11.4 Å². The van der Waals surface area contributed by atoms with Gasteiger partial charge in [0.15, 0.2) is 6.10 Å². The van der Waals surface area contributed by atoms with Gasteiger partial charge in [-0.1, -0.05) is 24.3 Å². The number of ether oxygens (including phenoxy) is 1. The maximum absolute atomic E-state index is 12.8. The van der Waals surface area contributed by atoms with Crippen molar-refractivity contribution in [2.45, 2.75) is 32.4 Å². The summed E-state index contributed by atoms with van der Waals surface area (Å²) in [6, 6.07) is 14.4. The van der Waals surface area contributed by atoms with Crippen molar-refractivity contribution in [3.05, 3.63) is 63.7 Å². The molecule has 0 saturated carbocycles. The Balaban J connectivity index is 1.29. The summed E-state index contributed by atoms with van der Waals surface area (Å²) in [5.74, 6) is -1.04. The van der Waals surface area contributed by atoms with E-state index in [-0.39, 0.29) is 17.5 Å². The largest absolute Gasteiger partial charge is 0.452 e. The summed E-state index contributed by atoms with van der Waals surface area (Å²) in [5, 5.41) is 12.1. The molecule has 0 N–H and O–H groups in total. The van der Waals surface area contributed by atoms with Crippen molar-refractivity contribution in [1.29, 1.82) is 0 Å². The number of esters is 1. The van der Waals surface area contributed by atoms with E-state index >= 15 is 0 Å². The summed E-state index contributed by atoms with van der Waals surface area (Å²) in [6.07, 6.45) is 0.112. The number of hydrogen-bond donors (Lipinski definition) is 0. The van der Waals surface area contributed by atoms with E-state index in [1.807, 2.05) is 29.2 Å². The molecule has 0 bridgehead atoms. The fraction of sp³-hybridized carbons (Fsp3) is 0.375. The van der Waals surface area contributed by atoms with Gasteiger partial charge >= 0.3 is 5.97 Å². The van der Waals surface area contributed by atoms with Crippen molar-refractivity contribution in [1.82, 2.24) is 9.88 Å². The average molecular weight is 483 g/mol. The lowest BCUT2D eigenvalue weighted by Crippen LogP contribution is -2.41. The molecule has 178 valence electrons. The van der Waals surface area contributed by atoms with E-state index in [1.54, 1.807) is 32.2 Å². The van der Waals surface area contributed by atoms with Gasteiger partial charge in [-0.2, -0.15) is 0 Å². The standard InChI is InChI=1S/C24H26N4O5S/c1-16(23(29)26(2)15-22-25-18-7-3-6-10-21(18)34-22)33-24(30)17-11-13-27(14-12-17)19-8-4-5-9-20(19)28(31)32/h3-10,16-17H,11-15H2,1-2H3. The van der Waals surface area contributed by atoms with Crippen molar-refractivity contribution in [2.75, 3.05) is 25.0 Å². The number of fused-ring (bicyclic) bond motifs is 1. The van der Waals surface area contributed by atoms with Gasteiger partial charge in [-0.15, -0.1) is 11.3 Å². The van der Waals surface area contributed by atoms with Gasteiger partial charge in [0.25, 0.3) is 11.6 Å². The van der Waals surface area contributed by atoms with Gasteiger partial charge in [0.1, 0.15) is 10.7 Å². The van der Waals surface area contributed by atoms with Crippen LogP contribution in [0.5, 0.6) is 0 Å². The van der Waals surface area contributed by atoms with Crippen LogP contribution in [0.1, 0.15) is 24.8 Å². The molecule has 1 saturated heterocycles. The van der Waals surface area contributed by atoms with Crippen LogP contribution in [0, 0.1) is 16.0 Å². The number of nitro benzene ring substituents is 1. The minimum absolute atomic E-state index is 0.0545. The minimum Gasteiger partial charge on any atom is -0.452 e. The Morgan fingerprint density at radius 1 is 1.21 bits per heavy atom. The van der Waals surface area contributed by atoms with Crippen LogP contribution in [0.15, 0.2) is 48.5 Å². The summed E-state index contributed by atoms with van der Waals surface area (Å²) in [6.45, 7) is 2.93. The maximum atomic E-state index is 12.8. The number of nitrogens with zero attached hydrogens (tertiary/aromatic N) is 4. The zero-order chi connectivity index (χ0) is 24.2. The number of amides is 1. The number of likely N-dealkylation sites (N-methyl/N-ethyl adjacent to an activating group) is 1. The molecule has 1 amide bonds. The molecule has 4 rings (SSSR count). The molecule has 10 heteroatoms. The molecule has 0 radical (unpaired) electrons. The number of anilines is 1. The molecule has 2 heterocycles. The second-order valence-corrected chi connectivity index (χ2v) is 9.47. The van der Waals surface area contributed by atoms with E-state index in [9.17, 15) is 19.7 Å². The highest BCUT2D eigenvalue weighted by Gasteiger charge is 2.31. The number of carbonyl (C=O) groups is 2. The fourth-order valence-corrected chi connectivity index (χ4v) is 5.16. The average Bonchev–Trinajstić information content (AvgIpc) is 3.25. The first-order valence-electron chi connectivity index (χ1n) is 11.1. The van der Waals surface area contributed by atoms with Gasteiger partial charge < -0.3 is 14.5 Å². The van der Waals surface area contributed by atoms with E-state index < -0.39 is 17.0 Å². The van der Waals surface area contributed by atoms with E-state index in [0.29, 0.717) is 38.2 Å². The molecule has 34 heavy (non-hydrogen) atoms. The number of hydrogen-bond acceptors (Lipinski definition) is 8. The summed E-state index contributed by atoms with van der Waals surface area (Å²) in [4.78, 5) is 44.4. The third kappa shape index (κ3) is 5.17. The Hall–Kier alpha value is -3.53. The van der Waals surface area contributed by atoms with Crippen LogP contribution in [0.2, 0.25) is 0 Å². The van der Waals surface area contributed by atoms with Crippen LogP contribution >= 0.6 is 11.3 Å². The second-order valence-electron chi connectivity index (χ2n) is 8.36. The van der Waals surface area contributed by atoms with Crippen LogP contribution in [0.3, 0.4) is 0 Å². The molecule has 0 spiro atoms. The fourth-order valence-electron chi connectivity index (χ4n) is 4.14. The van der Waals surface area contributed by atoms with Crippen molar-refractivity contribution in [2.24, 2.45) is 5.92 Å². The first-order valence-corrected chi connectivity index (χ1v) is 11.9. The maximum Gasteiger partial charge on any atom is 0.309 e. The van der Waals surface area contributed by atoms with Crippen LogP contribution in [0.25, 0.3) is 10.2 Å². The third-order valence-corrected chi connectivity index (χ3v) is 7.00. The van der Waals surface area contributed by atoms with Gasteiger partial charge in [-0.05, 0) is 38.0 Å². The van der Waals surface area contributed by atoms with E-state index in [0.717, 1.165) is 15.2 Å². The lowest BCUT2D eigenvalue weighted by atomic mass is 9.96. The van der Waals surface area contributed by atoms with Crippen LogP contribution in [-0.4, -0.2) is 52.9 Å². The molecule has 1 fully saturated rings. The Morgan fingerprint density at radius 2 is 1.88 bits per heavy atom. The molecule has 1 atom stereocenters. The number of aromatic nitrogens is 1. The lowest BCUT2D eigenvalue weighted by molar-refractivity contribution is -0.384. The van der Waals surface area contributed by atoms with Crippen molar-refractivity contribution in [3.8, 4) is 0 Å². The quantitative estimate of drug-likeness (QED) is 0.285. The number of nitro groups is 1. The number of carbonyl (C=O) groups excluding carboxylic acids is 2. The molecule has 1 unspecified atom stereocenters. The molecular formula is C24H26N4O5S. The Labute approximate surface area is 201 Å². The Morgan fingerprint density at radius 3 is 2.59 bits per heavy atom. The molecule has 0 aliphatic carbocycles. The summed E-state index contributed by atoms with van der Waals surface area (Å²) in [5.41, 5.74) is 1.51. The number of thiazole rings is 1. The highest BCUT2D eigenvalue weighted by Crippen LogP contribution is 2.31. The highest BCUT2D eigenvalue weighted by atomic mass is 32.1.